The first-order chi connectivity index (χ1) is 9.69. The fourth-order valence-corrected chi connectivity index (χ4v) is 3.71. The van der Waals surface area contributed by atoms with E-state index < -0.39 is 0 Å². The molecule has 20 heavy (non-hydrogen) atoms. The molecule has 3 atom stereocenters. The second kappa shape index (κ2) is 5.74. The van der Waals surface area contributed by atoms with E-state index in [9.17, 15) is 0 Å². The maximum Gasteiger partial charge on any atom is 0.0366 e. The number of anilines is 1. The van der Waals surface area contributed by atoms with Crippen LogP contribution in [0.5, 0.6) is 0 Å². The van der Waals surface area contributed by atoms with Gasteiger partial charge in [-0.1, -0.05) is 19.1 Å². The van der Waals surface area contributed by atoms with Gasteiger partial charge >= 0.3 is 0 Å². The second-order valence-corrected chi connectivity index (χ2v) is 6.39. The molecule has 0 aliphatic carbocycles. The molecule has 2 bridgehead atoms. The Balaban J connectivity index is 1.73. The van der Waals surface area contributed by atoms with Crippen molar-refractivity contribution in [1.29, 1.82) is 0 Å². The molecular weight excluding hydrogens is 246 g/mol. The number of rotatable bonds is 3. The highest BCUT2D eigenvalue weighted by Crippen LogP contribution is 2.31. The Kier molecular flexibility index (Phi) is 3.99. The lowest BCUT2D eigenvalue weighted by Crippen LogP contribution is -2.36. The summed E-state index contributed by atoms with van der Waals surface area (Å²) in [4.78, 5) is 5.16. The van der Waals surface area contributed by atoms with Crippen LogP contribution < -0.4 is 10.6 Å². The Bertz CT molecular complexity index is 442. The smallest absolute Gasteiger partial charge is 0.0366 e. The maximum atomic E-state index is 6.10. The zero-order valence-electron chi connectivity index (χ0n) is 12.8. The summed E-state index contributed by atoms with van der Waals surface area (Å²) < 4.78 is 0. The molecule has 2 aliphatic rings. The van der Waals surface area contributed by atoms with E-state index in [0.29, 0.717) is 0 Å². The Morgan fingerprint density at radius 3 is 2.55 bits per heavy atom. The fourth-order valence-electron chi connectivity index (χ4n) is 3.71. The third-order valence-electron chi connectivity index (χ3n) is 5.27. The molecule has 3 heteroatoms. The van der Waals surface area contributed by atoms with Crippen LogP contribution in [0, 0.1) is 0 Å². The molecule has 110 valence electrons. The van der Waals surface area contributed by atoms with Crippen molar-refractivity contribution in [3.63, 3.8) is 0 Å². The standard InChI is InChI=1S/C17H27N3/c1-3-17(18)13-4-6-15(7-5-13)20-11-10-14-8-9-16(12-20)19(14)2/h4-7,14,16-17H,3,8-12,18H2,1-2H3. The molecule has 2 saturated heterocycles. The van der Waals surface area contributed by atoms with E-state index >= 15 is 0 Å². The normalized spacial score (nSPS) is 28.4. The van der Waals surface area contributed by atoms with E-state index in [1.54, 1.807) is 0 Å². The summed E-state index contributed by atoms with van der Waals surface area (Å²) in [7, 11) is 2.30. The maximum absolute atomic E-state index is 6.10. The number of likely N-dealkylation sites (N-methyl/N-ethyl adjacent to an activating group) is 1. The third-order valence-corrected chi connectivity index (χ3v) is 5.27. The first-order valence-electron chi connectivity index (χ1n) is 8.01. The van der Waals surface area contributed by atoms with Crippen LogP contribution in [-0.2, 0) is 0 Å². The summed E-state index contributed by atoms with van der Waals surface area (Å²) in [6.07, 6.45) is 5.04. The van der Waals surface area contributed by atoms with E-state index in [1.807, 2.05) is 0 Å². The summed E-state index contributed by atoms with van der Waals surface area (Å²) in [6, 6.07) is 10.6. The van der Waals surface area contributed by atoms with Gasteiger partial charge < -0.3 is 10.6 Å². The van der Waals surface area contributed by atoms with Crippen molar-refractivity contribution in [2.24, 2.45) is 5.73 Å². The lowest BCUT2D eigenvalue weighted by Gasteiger charge is -2.28. The summed E-state index contributed by atoms with van der Waals surface area (Å²) in [5.41, 5.74) is 8.71. The van der Waals surface area contributed by atoms with E-state index in [-0.39, 0.29) is 6.04 Å². The van der Waals surface area contributed by atoms with Gasteiger partial charge in [0.2, 0.25) is 0 Å². The molecule has 3 nitrogen and oxygen atoms in total. The minimum absolute atomic E-state index is 0.176. The van der Waals surface area contributed by atoms with Crippen molar-refractivity contribution in [2.45, 2.75) is 50.7 Å². The first kappa shape index (κ1) is 13.9. The average Bonchev–Trinajstić information content (AvgIpc) is 2.72. The molecule has 2 fully saturated rings. The highest BCUT2D eigenvalue weighted by molar-refractivity contribution is 5.48. The summed E-state index contributed by atoms with van der Waals surface area (Å²) in [5, 5.41) is 0. The van der Waals surface area contributed by atoms with Crippen LogP contribution in [-0.4, -0.2) is 37.1 Å². The Labute approximate surface area is 122 Å². The molecule has 3 rings (SSSR count). The molecule has 1 aromatic carbocycles. The van der Waals surface area contributed by atoms with Crippen molar-refractivity contribution in [2.75, 3.05) is 25.0 Å². The van der Waals surface area contributed by atoms with Gasteiger partial charge in [-0.25, -0.2) is 0 Å². The molecule has 2 heterocycles. The number of fused-ring (bicyclic) bond motifs is 2. The molecule has 0 spiro atoms. The summed E-state index contributed by atoms with van der Waals surface area (Å²) >= 11 is 0. The Morgan fingerprint density at radius 2 is 1.85 bits per heavy atom. The predicted molar refractivity (Wildman–Crippen MR) is 85.1 cm³/mol. The van der Waals surface area contributed by atoms with Crippen molar-refractivity contribution in [1.82, 2.24) is 4.90 Å². The largest absolute Gasteiger partial charge is 0.370 e. The zero-order chi connectivity index (χ0) is 14.1. The van der Waals surface area contributed by atoms with Crippen LogP contribution in [0.3, 0.4) is 0 Å². The zero-order valence-corrected chi connectivity index (χ0v) is 12.8. The molecule has 3 unspecified atom stereocenters. The number of hydrogen-bond donors (Lipinski definition) is 1. The van der Waals surface area contributed by atoms with Crippen LogP contribution >= 0.6 is 0 Å². The minimum atomic E-state index is 0.176. The second-order valence-electron chi connectivity index (χ2n) is 6.39. The number of benzene rings is 1. The van der Waals surface area contributed by atoms with Gasteiger partial charge in [0.15, 0.2) is 0 Å². The van der Waals surface area contributed by atoms with Gasteiger partial charge in [-0.15, -0.1) is 0 Å². The minimum Gasteiger partial charge on any atom is -0.370 e. The molecule has 0 aromatic heterocycles. The van der Waals surface area contributed by atoms with Crippen molar-refractivity contribution < 1.29 is 0 Å². The van der Waals surface area contributed by atoms with Crippen molar-refractivity contribution in [3.05, 3.63) is 29.8 Å². The lowest BCUT2D eigenvalue weighted by atomic mass is 10.0. The quantitative estimate of drug-likeness (QED) is 0.919. The Morgan fingerprint density at radius 1 is 1.15 bits per heavy atom. The van der Waals surface area contributed by atoms with Crippen LogP contribution in [0.25, 0.3) is 0 Å². The van der Waals surface area contributed by atoms with Gasteiger partial charge in [-0.3, -0.25) is 4.90 Å². The van der Waals surface area contributed by atoms with Crippen molar-refractivity contribution in [3.8, 4) is 0 Å². The summed E-state index contributed by atoms with van der Waals surface area (Å²) in [5.74, 6) is 0. The summed E-state index contributed by atoms with van der Waals surface area (Å²) in [6.45, 7) is 4.50. The van der Waals surface area contributed by atoms with E-state index in [0.717, 1.165) is 18.5 Å². The van der Waals surface area contributed by atoms with Gasteiger partial charge in [0, 0.05) is 36.9 Å². The highest BCUT2D eigenvalue weighted by Gasteiger charge is 2.34. The monoisotopic (exact) mass is 273 g/mol. The lowest BCUT2D eigenvalue weighted by molar-refractivity contribution is 0.254. The fraction of sp³-hybridized carbons (Fsp3) is 0.647. The van der Waals surface area contributed by atoms with Gasteiger partial charge in [0.05, 0.1) is 0 Å². The van der Waals surface area contributed by atoms with Gasteiger partial charge in [-0.05, 0) is 50.4 Å². The molecule has 2 aliphatic heterocycles. The predicted octanol–water partition coefficient (Wildman–Crippen LogP) is 2.77. The van der Waals surface area contributed by atoms with Crippen LogP contribution in [0.15, 0.2) is 24.3 Å². The van der Waals surface area contributed by atoms with E-state index in [2.05, 4.69) is 48.0 Å². The van der Waals surface area contributed by atoms with E-state index in [4.69, 9.17) is 5.73 Å². The molecule has 0 amide bonds. The van der Waals surface area contributed by atoms with E-state index in [1.165, 1.54) is 43.6 Å². The molecule has 2 N–H and O–H groups in total. The van der Waals surface area contributed by atoms with Crippen LogP contribution in [0.2, 0.25) is 0 Å². The highest BCUT2D eigenvalue weighted by atomic mass is 15.3. The van der Waals surface area contributed by atoms with Crippen LogP contribution in [0.4, 0.5) is 5.69 Å². The molecule has 1 aromatic rings. The average molecular weight is 273 g/mol. The van der Waals surface area contributed by atoms with Crippen LogP contribution in [0.1, 0.15) is 44.2 Å². The van der Waals surface area contributed by atoms with Gasteiger partial charge in [0.25, 0.3) is 0 Å². The van der Waals surface area contributed by atoms with Gasteiger partial charge in [-0.2, -0.15) is 0 Å². The molecule has 0 saturated carbocycles. The van der Waals surface area contributed by atoms with Crippen molar-refractivity contribution >= 4 is 5.69 Å². The third kappa shape index (κ3) is 2.57. The van der Waals surface area contributed by atoms with Gasteiger partial charge in [0.1, 0.15) is 0 Å². The SMILES string of the molecule is CCC(N)c1ccc(N2CCC3CCC(C2)N3C)cc1. The number of hydrogen-bond acceptors (Lipinski definition) is 3. The first-order valence-corrected chi connectivity index (χ1v) is 8.01. The molecule has 0 radical (unpaired) electrons. The number of nitrogens with two attached hydrogens (primary N) is 1. The topological polar surface area (TPSA) is 32.5 Å². The number of nitrogens with zero attached hydrogens (tertiary/aromatic N) is 2. The Hall–Kier alpha value is -1.06. The molecular formula is C17H27N3.